The number of methoxy groups -OCH3 is 1. The molecule has 28 heavy (non-hydrogen) atoms. The fourth-order valence-electron chi connectivity index (χ4n) is 3.41. The monoisotopic (exact) mass is 385 g/mol. The highest BCUT2D eigenvalue weighted by Gasteiger charge is 2.29. The predicted molar refractivity (Wildman–Crippen MR) is 105 cm³/mol. The van der Waals surface area contributed by atoms with Gasteiger partial charge in [-0.3, -0.25) is 9.59 Å². The Morgan fingerprint density at radius 2 is 1.86 bits per heavy atom. The van der Waals surface area contributed by atoms with Gasteiger partial charge in [-0.2, -0.15) is 0 Å². The van der Waals surface area contributed by atoms with Crippen LogP contribution in [0.1, 0.15) is 46.5 Å². The lowest BCUT2D eigenvalue weighted by Crippen LogP contribution is -2.38. The molecule has 0 unspecified atom stereocenters. The number of ether oxygens (including phenoxy) is 1. The molecule has 0 atom stereocenters. The summed E-state index contributed by atoms with van der Waals surface area (Å²) < 4.78 is 10.9. The van der Waals surface area contributed by atoms with Crippen LogP contribution in [0.3, 0.4) is 0 Å². The maximum atomic E-state index is 12.6. The maximum absolute atomic E-state index is 12.6. The molecule has 0 aliphatic carbocycles. The van der Waals surface area contributed by atoms with Crippen LogP contribution in [0.25, 0.3) is 0 Å². The summed E-state index contributed by atoms with van der Waals surface area (Å²) in [7, 11) is 5.02. The van der Waals surface area contributed by atoms with E-state index >= 15 is 0 Å². The first-order chi connectivity index (χ1) is 13.4. The molecule has 1 aliphatic heterocycles. The first kappa shape index (κ1) is 19.9. The number of aryl methyl sites for hydroxylation is 1. The summed E-state index contributed by atoms with van der Waals surface area (Å²) in [6, 6.07) is 7.57. The highest BCUT2D eigenvalue weighted by atomic mass is 16.5. The van der Waals surface area contributed by atoms with Crippen LogP contribution < -0.4 is 4.74 Å². The highest BCUT2D eigenvalue weighted by molar-refractivity contribution is 5.92. The summed E-state index contributed by atoms with van der Waals surface area (Å²) in [6.45, 7) is 3.09. The molecule has 7 nitrogen and oxygen atoms in total. The second kappa shape index (κ2) is 8.46. The lowest BCUT2D eigenvalue weighted by atomic mass is 9.96. The van der Waals surface area contributed by atoms with Gasteiger partial charge in [0, 0.05) is 33.1 Å². The number of oxazole rings is 1. The molecular formula is C21H27N3O4. The Labute approximate surface area is 165 Å². The number of benzene rings is 1. The Morgan fingerprint density at radius 3 is 2.43 bits per heavy atom. The Hall–Kier alpha value is -2.83. The molecular weight excluding hydrogens is 358 g/mol. The molecule has 3 rings (SSSR count). The van der Waals surface area contributed by atoms with E-state index in [1.807, 2.05) is 29.2 Å². The van der Waals surface area contributed by atoms with Gasteiger partial charge in [0.2, 0.25) is 5.91 Å². The molecule has 7 heteroatoms. The molecule has 2 aromatic rings. The number of rotatable bonds is 5. The zero-order valence-electron chi connectivity index (χ0n) is 16.9. The Kier molecular flexibility index (Phi) is 6.02. The van der Waals surface area contributed by atoms with Crippen LogP contribution in [0, 0.1) is 6.92 Å². The molecule has 0 spiro atoms. The molecule has 1 aromatic carbocycles. The van der Waals surface area contributed by atoms with Crippen molar-refractivity contribution >= 4 is 11.8 Å². The van der Waals surface area contributed by atoms with Crippen LogP contribution in [0.4, 0.5) is 0 Å². The number of carbonyl (C=O) groups is 2. The smallest absolute Gasteiger partial charge is 0.275 e. The van der Waals surface area contributed by atoms with Gasteiger partial charge in [0.25, 0.3) is 5.91 Å². The predicted octanol–water partition coefficient (Wildman–Crippen LogP) is 2.64. The van der Waals surface area contributed by atoms with Gasteiger partial charge in [0.05, 0.1) is 13.5 Å². The molecule has 0 bridgehead atoms. The Bertz CT molecular complexity index is 834. The van der Waals surface area contributed by atoms with Crippen molar-refractivity contribution in [3.05, 3.63) is 47.2 Å². The molecule has 2 amide bonds. The van der Waals surface area contributed by atoms with E-state index in [9.17, 15) is 9.59 Å². The Balaban J connectivity index is 1.57. The summed E-state index contributed by atoms with van der Waals surface area (Å²) in [5, 5.41) is 0. The highest BCUT2D eigenvalue weighted by Crippen LogP contribution is 2.29. The summed E-state index contributed by atoms with van der Waals surface area (Å²) in [5.41, 5.74) is 1.35. The van der Waals surface area contributed by atoms with Crippen molar-refractivity contribution < 1.29 is 18.7 Å². The van der Waals surface area contributed by atoms with Crippen molar-refractivity contribution in [1.29, 1.82) is 0 Å². The van der Waals surface area contributed by atoms with Crippen molar-refractivity contribution in [3.8, 4) is 5.75 Å². The van der Waals surface area contributed by atoms with Crippen molar-refractivity contribution in [2.75, 3.05) is 34.3 Å². The molecule has 1 aliphatic rings. The van der Waals surface area contributed by atoms with E-state index < -0.39 is 0 Å². The van der Waals surface area contributed by atoms with Gasteiger partial charge in [-0.05, 0) is 37.5 Å². The van der Waals surface area contributed by atoms with Gasteiger partial charge in [-0.15, -0.1) is 0 Å². The quantitative estimate of drug-likeness (QED) is 0.791. The van der Waals surface area contributed by atoms with E-state index in [1.165, 1.54) is 4.90 Å². The Morgan fingerprint density at radius 1 is 1.21 bits per heavy atom. The van der Waals surface area contributed by atoms with Gasteiger partial charge < -0.3 is 19.0 Å². The number of likely N-dealkylation sites (tertiary alicyclic amines) is 1. The average molecular weight is 385 g/mol. The van der Waals surface area contributed by atoms with Gasteiger partial charge >= 0.3 is 0 Å². The molecule has 1 aromatic heterocycles. The van der Waals surface area contributed by atoms with Crippen molar-refractivity contribution in [2.24, 2.45) is 0 Å². The minimum absolute atomic E-state index is 0.121. The lowest BCUT2D eigenvalue weighted by Gasteiger charge is -2.30. The first-order valence-corrected chi connectivity index (χ1v) is 9.48. The number of hydrogen-bond acceptors (Lipinski definition) is 5. The van der Waals surface area contributed by atoms with E-state index in [0.29, 0.717) is 36.9 Å². The summed E-state index contributed by atoms with van der Waals surface area (Å²) in [6.07, 6.45) is 1.95. The van der Waals surface area contributed by atoms with E-state index in [4.69, 9.17) is 9.15 Å². The normalized spacial score (nSPS) is 14.8. The molecule has 0 radical (unpaired) electrons. The van der Waals surface area contributed by atoms with Crippen LogP contribution in [-0.2, 0) is 11.2 Å². The van der Waals surface area contributed by atoms with Crippen molar-refractivity contribution in [1.82, 2.24) is 14.8 Å². The third-order valence-corrected chi connectivity index (χ3v) is 5.13. The first-order valence-electron chi connectivity index (χ1n) is 9.48. The molecule has 150 valence electrons. The van der Waals surface area contributed by atoms with Crippen LogP contribution in [-0.4, -0.2) is 60.9 Å². The lowest BCUT2D eigenvalue weighted by molar-refractivity contribution is -0.131. The fourth-order valence-corrected chi connectivity index (χ4v) is 3.41. The van der Waals surface area contributed by atoms with Crippen LogP contribution in [0.15, 0.2) is 28.7 Å². The zero-order chi connectivity index (χ0) is 20.3. The second-order valence-electron chi connectivity index (χ2n) is 7.34. The van der Waals surface area contributed by atoms with Gasteiger partial charge in [0.1, 0.15) is 11.5 Å². The standard InChI is InChI=1S/C21H27N3O4/c1-14-19(21(26)23(2)3)22-20(28-14)16-9-11-24(12-10-16)18(25)13-15-5-7-17(27-4)8-6-15/h5-8,16H,9-13H2,1-4H3. The minimum Gasteiger partial charge on any atom is -0.497 e. The largest absolute Gasteiger partial charge is 0.497 e. The summed E-state index contributed by atoms with van der Waals surface area (Å²) in [5.74, 6) is 2.03. The number of aromatic nitrogens is 1. The topological polar surface area (TPSA) is 75.9 Å². The van der Waals surface area contributed by atoms with Crippen LogP contribution >= 0.6 is 0 Å². The molecule has 0 N–H and O–H groups in total. The molecule has 2 heterocycles. The molecule has 1 fully saturated rings. The van der Waals surface area contributed by atoms with Crippen LogP contribution in [0.5, 0.6) is 5.75 Å². The summed E-state index contributed by atoms with van der Waals surface area (Å²) in [4.78, 5) is 32.6. The van der Waals surface area contributed by atoms with Crippen LogP contribution in [0.2, 0.25) is 0 Å². The van der Waals surface area contributed by atoms with E-state index in [2.05, 4.69) is 4.98 Å². The summed E-state index contributed by atoms with van der Waals surface area (Å²) >= 11 is 0. The van der Waals surface area contributed by atoms with Crippen molar-refractivity contribution in [3.63, 3.8) is 0 Å². The van der Waals surface area contributed by atoms with Gasteiger partial charge in [-0.1, -0.05) is 12.1 Å². The van der Waals surface area contributed by atoms with E-state index in [1.54, 1.807) is 28.1 Å². The number of hydrogen-bond donors (Lipinski definition) is 0. The fraction of sp³-hybridized carbons (Fsp3) is 0.476. The maximum Gasteiger partial charge on any atom is 0.275 e. The SMILES string of the molecule is COc1ccc(CC(=O)N2CCC(c3nc(C(=O)N(C)C)c(C)o3)CC2)cc1. The van der Waals surface area contributed by atoms with E-state index in [0.717, 1.165) is 24.2 Å². The molecule has 1 saturated heterocycles. The van der Waals surface area contributed by atoms with Gasteiger partial charge in [0.15, 0.2) is 11.6 Å². The number of piperidine rings is 1. The van der Waals surface area contributed by atoms with Crippen molar-refractivity contribution in [2.45, 2.75) is 32.1 Å². The second-order valence-corrected chi connectivity index (χ2v) is 7.34. The average Bonchev–Trinajstić information content (AvgIpc) is 3.09. The number of amides is 2. The number of carbonyl (C=O) groups excluding carboxylic acids is 2. The molecule has 0 saturated carbocycles. The minimum atomic E-state index is -0.153. The third kappa shape index (κ3) is 4.35. The van der Waals surface area contributed by atoms with E-state index in [-0.39, 0.29) is 17.7 Å². The third-order valence-electron chi connectivity index (χ3n) is 5.13. The number of nitrogens with zero attached hydrogens (tertiary/aromatic N) is 3. The van der Waals surface area contributed by atoms with Gasteiger partial charge in [-0.25, -0.2) is 4.98 Å². The zero-order valence-corrected chi connectivity index (χ0v) is 16.9.